The average molecular weight is 480 g/mol. The summed E-state index contributed by atoms with van der Waals surface area (Å²) in [6.45, 7) is 3.80. The average Bonchev–Trinajstić information content (AvgIpc) is 3.34. The number of para-hydroxylation sites is 2. The molecule has 35 heavy (non-hydrogen) atoms. The minimum atomic E-state index is -0.282. The van der Waals surface area contributed by atoms with E-state index >= 15 is 0 Å². The third-order valence-electron chi connectivity index (χ3n) is 6.65. The first kappa shape index (κ1) is 24.7. The zero-order valence-electron chi connectivity index (χ0n) is 20.6. The molecule has 8 nitrogen and oxygen atoms in total. The fourth-order valence-corrected chi connectivity index (χ4v) is 4.82. The van der Waals surface area contributed by atoms with Gasteiger partial charge in [0.15, 0.2) is 0 Å². The normalized spacial score (nSPS) is 18.8. The third-order valence-corrected chi connectivity index (χ3v) is 6.65. The molecule has 2 aliphatic rings. The van der Waals surface area contributed by atoms with Crippen LogP contribution in [-0.4, -0.2) is 68.0 Å². The maximum absolute atomic E-state index is 13.6. The Balaban J connectivity index is 1.55. The number of amides is 1. The van der Waals surface area contributed by atoms with Gasteiger partial charge in [0.2, 0.25) is 0 Å². The zero-order chi connectivity index (χ0) is 24.8. The van der Waals surface area contributed by atoms with Gasteiger partial charge in [-0.3, -0.25) is 14.5 Å². The molecule has 0 N–H and O–H groups in total. The Morgan fingerprint density at radius 1 is 0.971 bits per heavy atom. The van der Waals surface area contributed by atoms with Crippen molar-refractivity contribution in [2.75, 3.05) is 40.5 Å². The van der Waals surface area contributed by atoms with Crippen LogP contribution in [0.2, 0.25) is 0 Å². The second kappa shape index (κ2) is 11.4. The molecule has 8 heteroatoms. The lowest BCUT2D eigenvalue weighted by Gasteiger charge is -2.32. The van der Waals surface area contributed by atoms with Crippen LogP contribution in [0.15, 0.2) is 53.6 Å². The maximum atomic E-state index is 13.6. The molecule has 1 saturated heterocycles. The second-order valence-electron chi connectivity index (χ2n) is 8.75. The molecule has 186 valence electrons. The Morgan fingerprint density at radius 3 is 2.31 bits per heavy atom. The van der Waals surface area contributed by atoms with Gasteiger partial charge in [0.05, 0.1) is 45.0 Å². The Labute approximate surface area is 206 Å². The van der Waals surface area contributed by atoms with Crippen molar-refractivity contribution >= 4 is 17.6 Å². The van der Waals surface area contributed by atoms with Crippen LogP contribution in [-0.2, 0) is 14.3 Å². The minimum Gasteiger partial charge on any atom is -0.496 e. The van der Waals surface area contributed by atoms with E-state index in [4.69, 9.17) is 19.3 Å². The van der Waals surface area contributed by atoms with E-state index in [1.165, 1.54) is 0 Å². The number of piperidine rings is 1. The van der Waals surface area contributed by atoms with Gasteiger partial charge in [0.1, 0.15) is 11.5 Å². The summed E-state index contributed by atoms with van der Waals surface area (Å²) in [6, 6.07) is 15.2. The number of ether oxygens (including phenoxy) is 3. The van der Waals surface area contributed by atoms with Crippen molar-refractivity contribution in [2.45, 2.75) is 32.2 Å². The van der Waals surface area contributed by atoms with Crippen molar-refractivity contribution in [3.63, 3.8) is 0 Å². The standard InChI is InChI=1S/C27H33N3O5/c1-4-35-27(32)19-13-15-29(16-14-19)18-26(31)30-23(21-10-6-8-12-25(21)34-3)17-22(28-30)20-9-5-7-11-24(20)33-2/h5-12,19,23H,4,13-18H2,1-3H3. The first-order chi connectivity index (χ1) is 17.0. The van der Waals surface area contributed by atoms with Gasteiger partial charge in [-0.2, -0.15) is 5.10 Å². The monoisotopic (exact) mass is 479 g/mol. The molecule has 2 aromatic rings. The predicted octanol–water partition coefficient (Wildman–Crippen LogP) is 3.66. The van der Waals surface area contributed by atoms with Gasteiger partial charge in [0.25, 0.3) is 5.91 Å². The van der Waals surface area contributed by atoms with Gasteiger partial charge >= 0.3 is 5.97 Å². The lowest BCUT2D eigenvalue weighted by molar-refractivity contribution is -0.149. The van der Waals surface area contributed by atoms with Crippen molar-refractivity contribution in [1.82, 2.24) is 9.91 Å². The van der Waals surface area contributed by atoms with Crippen molar-refractivity contribution in [3.05, 3.63) is 59.7 Å². The first-order valence-electron chi connectivity index (χ1n) is 12.1. The lowest BCUT2D eigenvalue weighted by Crippen LogP contribution is -2.43. The van der Waals surface area contributed by atoms with Gasteiger partial charge < -0.3 is 14.2 Å². The van der Waals surface area contributed by atoms with Gasteiger partial charge in [-0.15, -0.1) is 0 Å². The highest BCUT2D eigenvalue weighted by molar-refractivity contribution is 6.05. The fourth-order valence-electron chi connectivity index (χ4n) is 4.82. The Morgan fingerprint density at radius 2 is 1.63 bits per heavy atom. The quantitative estimate of drug-likeness (QED) is 0.538. The van der Waals surface area contributed by atoms with E-state index in [1.807, 2.05) is 55.5 Å². The van der Waals surface area contributed by atoms with Gasteiger partial charge in [-0.25, -0.2) is 5.01 Å². The Kier molecular flexibility index (Phi) is 8.02. The van der Waals surface area contributed by atoms with Crippen LogP contribution in [0.25, 0.3) is 0 Å². The molecule has 2 heterocycles. The third kappa shape index (κ3) is 5.48. The highest BCUT2D eigenvalue weighted by Gasteiger charge is 2.36. The summed E-state index contributed by atoms with van der Waals surface area (Å²) < 4.78 is 16.3. The number of likely N-dealkylation sites (tertiary alicyclic amines) is 1. The number of esters is 1. The van der Waals surface area contributed by atoms with E-state index in [-0.39, 0.29) is 30.4 Å². The molecule has 1 amide bonds. The van der Waals surface area contributed by atoms with Crippen LogP contribution in [0, 0.1) is 5.92 Å². The minimum absolute atomic E-state index is 0.0830. The van der Waals surface area contributed by atoms with E-state index < -0.39 is 0 Å². The number of hydrogen-bond donors (Lipinski definition) is 0. The fraction of sp³-hybridized carbons (Fsp3) is 0.444. The summed E-state index contributed by atoms with van der Waals surface area (Å²) in [6.07, 6.45) is 1.94. The van der Waals surface area contributed by atoms with Crippen molar-refractivity contribution < 1.29 is 23.8 Å². The number of methoxy groups -OCH3 is 2. The summed E-state index contributed by atoms with van der Waals surface area (Å²) in [5, 5.41) is 6.39. The van der Waals surface area contributed by atoms with E-state index in [0.717, 1.165) is 28.3 Å². The number of hydrogen-bond acceptors (Lipinski definition) is 7. The number of hydrazone groups is 1. The van der Waals surface area contributed by atoms with Gasteiger partial charge in [-0.1, -0.05) is 30.3 Å². The summed E-state index contributed by atoms with van der Waals surface area (Å²) >= 11 is 0. The van der Waals surface area contributed by atoms with Crippen LogP contribution in [0.1, 0.15) is 43.4 Å². The van der Waals surface area contributed by atoms with Crippen LogP contribution in [0.4, 0.5) is 0 Å². The molecule has 2 aliphatic heterocycles. The Hall–Kier alpha value is -3.39. The second-order valence-corrected chi connectivity index (χ2v) is 8.75. The summed E-state index contributed by atoms with van der Waals surface area (Å²) in [4.78, 5) is 27.7. The van der Waals surface area contributed by atoms with E-state index in [9.17, 15) is 9.59 Å². The molecule has 0 spiro atoms. The molecule has 0 radical (unpaired) electrons. The van der Waals surface area contributed by atoms with Crippen molar-refractivity contribution in [2.24, 2.45) is 11.0 Å². The number of benzene rings is 2. The molecule has 1 unspecified atom stereocenters. The number of rotatable bonds is 8. The van der Waals surface area contributed by atoms with E-state index in [2.05, 4.69) is 4.90 Å². The SMILES string of the molecule is CCOC(=O)C1CCN(CC(=O)N2N=C(c3ccccc3OC)CC2c2ccccc2OC)CC1. The zero-order valence-corrected chi connectivity index (χ0v) is 20.6. The van der Waals surface area contributed by atoms with Crippen LogP contribution >= 0.6 is 0 Å². The van der Waals surface area contributed by atoms with Gasteiger partial charge in [-0.05, 0) is 51.1 Å². The van der Waals surface area contributed by atoms with Gasteiger partial charge in [0, 0.05) is 17.5 Å². The summed E-state index contributed by atoms with van der Waals surface area (Å²) in [5.41, 5.74) is 2.59. The summed E-state index contributed by atoms with van der Waals surface area (Å²) in [5.74, 6) is 1.13. The largest absolute Gasteiger partial charge is 0.496 e. The molecule has 1 atom stereocenters. The topological polar surface area (TPSA) is 80.7 Å². The molecule has 4 rings (SSSR count). The van der Waals surface area contributed by atoms with Crippen LogP contribution in [0.3, 0.4) is 0 Å². The smallest absolute Gasteiger partial charge is 0.309 e. The van der Waals surface area contributed by atoms with E-state index in [1.54, 1.807) is 19.2 Å². The molecule has 0 aromatic heterocycles. The Bertz CT molecular complexity index is 1080. The maximum Gasteiger partial charge on any atom is 0.309 e. The van der Waals surface area contributed by atoms with E-state index in [0.29, 0.717) is 39.0 Å². The lowest BCUT2D eigenvalue weighted by atomic mass is 9.96. The number of nitrogens with zero attached hydrogens (tertiary/aromatic N) is 3. The summed E-state index contributed by atoms with van der Waals surface area (Å²) in [7, 11) is 3.27. The van der Waals surface area contributed by atoms with Crippen LogP contribution < -0.4 is 9.47 Å². The van der Waals surface area contributed by atoms with Crippen LogP contribution in [0.5, 0.6) is 11.5 Å². The number of carbonyl (C=O) groups is 2. The van der Waals surface area contributed by atoms with Crippen molar-refractivity contribution in [1.29, 1.82) is 0 Å². The van der Waals surface area contributed by atoms with Crippen molar-refractivity contribution in [3.8, 4) is 11.5 Å². The molecule has 2 aromatic carbocycles. The molecular weight excluding hydrogens is 446 g/mol. The highest BCUT2D eigenvalue weighted by atomic mass is 16.5. The molecule has 0 bridgehead atoms. The highest BCUT2D eigenvalue weighted by Crippen LogP contribution is 2.38. The molecule has 0 saturated carbocycles. The first-order valence-corrected chi connectivity index (χ1v) is 12.1. The molecular formula is C27H33N3O5. The number of carbonyl (C=O) groups excluding carboxylic acids is 2. The molecule has 0 aliphatic carbocycles. The predicted molar refractivity (Wildman–Crippen MR) is 133 cm³/mol. The molecule has 1 fully saturated rings.